The van der Waals surface area contributed by atoms with Gasteiger partial charge in [0.15, 0.2) is 5.84 Å². The van der Waals surface area contributed by atoms with E-state index in [0.29, 0.717) is 5.84 Å². The molecule has 0 spiro atoms. The summed E-state index contributed by atoms with van der Waals surface area (Å²) in [5, 5.41) is 13.2. The molecule has 0 saturated heterocycles. The largest absolute Gasteiger partial charge is 0.456 e. The van der Waals surface area contributed by atoms with Crippen molar-refractivity contribution in [1.82, 2.24) is 5.32 Å². The average molecular weight is 740 g/mol. The molecule has 1 atom stereocenters. The number of aliphatic imine (C=N–C) groups is 2. The van der Waals surface area contributed by atoms with Crippen LogP contribution in [0.3, 0.4) is 0 Å². The number of nitrogens with one attached hydrogen (secondary N) is 1. The Bertz CT molecular complexity index is 3440. The lowest BCUT2D eigenvalue weighted by atomic mass is 9.95. The van der Waals surface area contributed by atoms with Gasteiger partial charge in [-0.1, -0.05) is 121 Å². The molecule has 12 rings (SSSR count). The van der Waals surface area contributed by atoms with Gasteiger partial charge in [0.05, 0.1) is 0 Å². The highest BCUT2D eigenvalue weighted by Gasteiger charge is 2.27. The first-order valence-corrected chi connectivity index (χ1v) is 20.1. The molecule has 11 aromatic rings. The highest BCUT2D eigenvalue weighted by molar-refractivity contribution is 7.26. The van der Waals surface area contributed by atoms with Crippen LogP contribution in [0.15, 0.2) is 178 Å². The maximum atomic E-state index is 6.67. The van der Waals surface area contributed by atoms with Crippen molar-refractivity contribution in [1.29, 1.82) is 0 Å². The van der Waals surface area contributed by atoms with Crippen LogP contribution in [-0.4, -0.2) is 11.7 Å². The minimum atomic E-state index is -0.383. The van der Waals surface area contributed by atoms with Crippen LogP contribution in [0.1, 0.15) is 22.9 Å². The van der Waals surface area contributed by atoms with Gasteiger partial charge in [-0.3, -0.25) is 0 Å². The van der Waals surface area contributed by atoms with Crippen molar-refractivity contribution in [2.24, 2.45) is 9.98 Å². The first kappa shape index (κ1) is 30.8. The Morgan fingerprint density at radius 1 is 0.491 bits per heavy atom. The number of furan rings is 1. The van der Waals surface area contributed by atoms with Crippen molar-refractivity contribution < 1.29 is 4.42 Å². The molecule has 0 saturated carbocycles. The summed E-state index contributed by atoms with van der Waals surface area (Å²) in [5.74, 6) is 1.46. The van der Waals surface area contributed by atoms with Crippen molar-refractivity contribution in [2.75, 3.05) is 0 Å². The number of rotatable bonds is 4. The lowest BCUT2D eigenvalue weighted by molar-refractivity contribution is 0.669. The first-order chi connectivity index (χ1) is 27.2. The molecule has 1 N–H and O–H groups in total. The normalized spacial score (nSPS) is 14.7. The fraction of sp³-hybridized carbons (Fsp3) is 0.0204. The Labute approximate surface area is 323 Å². The molecule has 1 aliphatic heterocycles. The Balaban J connectivity index is 1.14. The van der Waals surface area contributed by atoms with Crippen LogP contribution in [0.25, 0.3) is 84.2 Å². The van der Waals surface area contributed by atoms with Gasteiger partial charge in [0.2, 0.25) is 0 Å². The summed E-state index contributed by atoms with van der Waals surface area (Å²) in [5.41, 5.74) is 6.98. The zero-order valence-electron chi connectivity index (χ0n) is 29.3. The van der Waals surface area contributed by atoms with E-state index in [1.54, 1.807) is 0 Å². The van der Waals surface area contributed by atoms with Gasteiger partial charge in [0.1, 0.15) is 23.2 Å². The summed E-state index contributed by atoms with van der Waals surface area (Å²) in [6, 6.07) is 58.4. The van der Waals surface area contributed by atoms with Crippen LogP contribution in [-0.2, 0) is 0 Å². The van der Waals surface area contributed by atoms with Crippen molar-refractivity contribution >= 4 is 107 Å². The molecule has 6 heteroatoms. The fourth-order valence-electron chi connectivity index (χ4n) is 8.40. The lowest BCUT2D eigenvalue weighted by Crippen LogP contribution is -2.33. The summed E-state index contributed by atoms with van der Waals surface area (Å²) < 4.78 is 11.7. The van der Waals surface area contributed by atoms with Crippen LogP contribution < -0.4 is 5.32 Å². The Kier molecular flexibility index (Phi) is 6.70. The van der Waals surface area contributed by atoms with Crippen molar-refractivity contribution in [3.8, 4) is 11.1 Å². The van der Waals surface area contributed by atoms with E-state index in [4.69, 9.17) is 14.4 Å². The summed E-state index contributed by atoms with van der Waals surface area (Å²) >= 11 is 3.66. The summed E-state index contributed by atoms with van der Waals surface area (Å²) in [6.45, 7) is 0. The minimum Gasteiger partial charge on any atom is -0.456 e. The van der Waals surface area contributed by atoms with Gasteiger partial charge in [0, 0.05) is 67.8 Å². The third-order valence-electron chi connectivity index (χ3n) is 10.9. The molecule has 1 unspecified atom stereocenters. The molecule has 0 amide bonds. The predicted octanol–water partition coefficient (Wildman–Crippen LogP) is 13.6. The molecule has 4 nitrogen and oxygen atoms in total. The van der Waals surface area contributed by atoms with E-state index in [-0.39, 0.29) is 6.17 Å². The number of benzene rings is 8. The van der Waals surface area contributed by atoms with Crippen molar-refractivity contribution in [3.63, 3.8) is 0 Å². The summed E-state index contributed by atoms with van der Waals surface area (Å²) in [7, 11) is 0. The highest BCUT2D eigenvalue weighted by atomic mass is 32.1. The Morgan fingerprint density at radius 3 is 2.13 bits per heavy atom. The van der Waals surface area contributed by atoms with Gasteiger partial charge in [0.25, 0.3) is 0 Å². The smallest absolute Gasteiger partial charge is 0.160 e. The number of nitrogens with zero attached hydrogens (tertiary/aromatic N) is 2. The van der Waals surface area contributed by atoms with E-state index in [9.17, 15) is 0 Å². The lowest BCUT2D eigenvalue weighted by Gasteiger charge is -2.24. The van der Waals surface area contributed by atoms with Crippen LogP contribution in [0.5, 0.6) is 0 Å². The zero-order valence-corrected chi connectivity index (χ0v) is 30.9. The summed E-state index contributed by atoms with van der Waals surface area (Å²) in [4.78, 5) is 11.0. The van der Waals surface area contributed by atoms with Crippen LogP contribution in [0, 0.1) is 0 Å². The minimum absolute atomic E-state index is 0.383. The molecule has 4 heterocycles. The molecule has 0 fully saturated rings. The van der Waals surface area contributed by atoms with Crippen molar-refractivity contribution in [3.05, 3.63) is 180 Å². The second-order valence-electron chi connectivity index (χ2n) is 14.1. The van der Waals surface area contributed by atoms with Gasteiger partial charge in [-0.05, 0) is 64.4 Å². The molecule has 258 valence electrons. The average Bonchev–Trinajstić information content (AvgIpc) is 3.94. The van der Waals surface area contributed by atoms with Crippen LogP contribution >= 0.6 is 22.7 Å². The molecule has 0 bridgehead atoms. The van der Waals surface area contributed by atoms with Gasteiger partial charge < -0.3 is 9.73 Å². The van der Waals surface area contributed by atoms with E-state index in [1.807, 2.05) is 34.8 Å². The third kappa shape index (κ3) is 4.82. The number of hydrogen-bond donors (Lipinski definition) is 1. The highest BCUT2D eigenvalue weighted by Crippen LogP contribution is 2.44. The first-order valence-electron chi connectivity index (χ1n) is 18.4. The van der Waals surface area contributed by atoms with E-state index >= 15 is 0 Å². The van der Waals surface area contributed by atoms with E-state index in [2.05, 4.69) is 157 Å². The Hall–Kier alpha value is -6.60. The number of amidine groups is 2. The number of para-hydroxylation sites is 1. The molecule has 1 aliphatic rings. The van der Waals surface area contributed by atoms with E-state index in [0.717, 1.165) is 55.4 Å². The monoisotopic (exact) mass is 739 g/mol. The summed E-state index contributed by atoms with van der Waals surface area (Å²) in [6.07, 6.45) is -0.383. The standard InChI is InChI=1S/C49H29N3OS2/c1-2-12-29-25-30(24-23-28(29)11-1)47-50-48(37-18-9-17-34-33-13-4-7-20-41(33)55-46(34)37)52-49(51-47)38-26-31(27-40-44(38)35-14-3-6-19-39(35)53-40)32-16-10-22-43-45(32)36-15-5-8-21-42(36)54-43/h1-27,48H,(H,50,51,52). The Morgan fingerprint density at radius 2 is 1.22 bits per heavy atom. The fourth-order valence-corrected chi connectivity index (χ4v) is 10.8. The molecule has 0 radical (unpaired) electrons. The second-order valence-corrected chi connectivity index (χ2v) is 16.3. The topological polar surface area (TPSA) is 49.9 Å². The van der Waals surface area contributed by atoms with E-state index < -0.39 is 0 Å². The van der Waals surface area contributed by atoms with Gasteiger partial charge in [-0.2, -0.15) is 0 Å². The number of thiophene rings is 2. The van der Waals surface area contributed by atoms with Crippen LogP contribution in [0.4, 0.5) is 0 Å². The van der Waals surface area contributed by atoms with E-state index in [1.165, 1.54) is 51.3 Å². The molecule has 55 heavy (non-hydrogen) atoms. The van der Waals surface area contributed by atoms with Crippen molar-refractivity contribution in [2.45, 2.75) is 6.17 Å². The number of fused-ring (bicyclic) bond motifs is 10. The third-order valence-corrected chi connectivity index (χ3v) is 13.3. The molecule has 8 aromatic carbocycles. The SMILES string of the molecule is c1ccc2cc(C3=NC(c4cc(-c5cccc6sc7ccccc7c56)cc5oc6ccccc6c45)=NC(c4cccc5c4sc4ccccc45)N3)ccc2c1. The van der Waals surface area contributed by atoms with Gasteiger partial charge in [-0.25, -0.2) is 9.98 Å². The number of hydrogen-bond acceptors (Lipinski definition) is 6. The molecular formula is C49H29N3OS2. The molecule has 0 aliphatic carbocycles. The quantitative estimate of drug-likeness (QED) is 0.195. The van der Waals surface area contributed by atoms with Gasteiger partial charge in [-0.15, -0.1) is 22.7 Å². The van der Waals surface area contributed by atoms with Crippen LogP contribution in [0.2, 0.25) is 0 Å². The molecular weight excluding hydrogens is 711 g/mol. The predicted molar refractivity (Wildman–Crippen MR) is 234 cm³/mol. The maximum absolute atomic E-state index is 6.67. The zero-order chi connectivity index (χ0) is 36.0. The van der Waals surface area contributed by atoms with Gasteiger partial charge >= 0.3 is 0 Å². The second kappa shape index (κ2) is 12.0. The maximum Gasteiger partial charge on any atom is 0.160 e. The molecule has 3 aromatic heterocycles.